The van der Waals surface area contributed by atoms with E-state index >= 15 is 0 Å². The van der Waals surface area contributed by atoms with Gasteiger partial charge in [0.05, 0.1) is 6.54 Å². The molecular formula is C18H31N3O3. The Morgan fingerprint density at radius 1 is 1.21 bits per heavy atom. The molecule has 0 radical (unpaired) electrons. The van der Waals surface area contributed by atoms with Crippen molar-refractivity contribution in [2.45, 2.75) is 85.4 Å². The van der Waals surface area contributed by atoms with Crippen LogP contribution in [-0.4, -0.2) is 33.8 Å². The van der Waals surface area contributed by atoms with Crippen molar-refractivity contribution in [1.29, 1.82) is 0 Å². The lowest BCUT2D eigenvalue weighted by molar-refractivity contribution is -0.134. The molecule has 1 aromatic rings. The number of carbonyl (C=O) groups is 2. The molecule has 0 bridgehead atoms. The molecule has 2 amide bonds. The third-order valence-electron chi connectivity index (χ3n) is 3.70. The van der Waals surface area contributed by atoms with Gasteiger partial charge in [0.15, 0.2) is 5.69 Å². The first-order chi connectivity index (χ1) is 11.3. The number of rotatable bonds is 10. The summed E-state index contributed by atoms with van der Waals surface area (Å²) >= 11 is 0. The summed E-state index contributed by atoms with van der Waals surface area (Å²) in [4.78, 5) is 30.3. The fraction of sp³-hybridized carbons (Fsp3) is 0.722. The molecule has 6 nitrogen and oxygen atoms in total. The van der Waals surface area contributed by atoms with E-state index in [-0.39, 0.29) is 29.6 Å². The standard InChI is InChI=1S/C18H31N3O3/c1-6-7-8-9-10-17(22)21(14(4)5)11-16-20-15(12-24-16)18(23)19-13(2)3/h12-14H,6-11H2,1-5H3,(H,19,23). The van der Waals surface area contributed by atoms with Gasteiger partial charge in [-0.1, -0.05) is 26.2 Å². The van der Waals surface area contributed by atoms with Gasteiger partial charge in [-0.2, -0.15) is 0 Å². The Kier molecular flexibility index (Phi) is 8.50. The van der Waals surface area contributed by atoms with Crippen molar-refractivity contribution >= 4 is 11.8 Å². The Morgan fingerprint density at radius 3 is 2.50 bits per heavy atom. The molecule has 0 spiro atoms. The van der Waals surface area contributed by atoms with Crippen LogP contribution in [0, 0.1) is 0 Å². The van der Waals surface area contributed by atoms with E-state index in [9.17, 15) is 9.59 Å². The highest BCUT2D eigenvalue weighted by atomic mass is 16.3. The van der Waals surface area contributed by atoms with Gasteiger partial charge in [0.1, 0.15) is 6.26 Å². The number of hydrogen-bond donors (Lipinski definition) is 1. The van der Waals surface area contributed by atoms with Crippen molar-refractivity contribution in [3.63, 3.8) is 0 Å². The molecule has 24 heavy (non-hydrogen) atoms. The molecule has 1 heterocycles. The molecular weight excluding hydrogens is 306 g/mol. The van der Waals surface area contributed by atoms with Crippen LogP contribution in [0.4, 0.5) is 0 Å². The average Bonchev–Trinajstić information content (AvgIpc) is 2.97. The van der Waals surface area contributed by atoms with Crippen LogP contribution in [0.5, 0.6) is 0 Å². The molecule has 0 aliphatic heterocycles. The fourth-order valence-corrected chi connectivity index (χ4v) is 2.37. The van der Waals surface area contributed by atoms with Crippen LogP contribution < -0.4 is 5.32 Å². The first kappa shape index (κ1) is 20.2. The van der Waals surface area contributed by atoms with Crippen LogP contribution in [0.3, 0.4) is 0 Å². The Labute approximate surface area is 145 Å². The minimum Gasteiger partial charge on any atom is -0.446 e. The monoisotopic (exact) mass is 337 g/mol. The number of unbranched alkanes of at least 4 members (excludes halogenated alkanes) is 3. The van der Waals surface area contributed by atoms with Gasteiger partial charge in [-0.25, -0.2) is 4.98 Å². The number of hydrogen-bond acceptors (Lipinski definition) is 4. The lowest BCUT2D eigenvalue weighted by Gasteiger charge is -2.25. The van der Waals surface area contributed by atoms with Gasteiger partial charge in [-0.3, -0.25) is 9.59 Å². The summed E-state index contributed by atoms with van der Waals surface area (Å²) in [6, 6.07) is 0.0954. The highest BCUT2D eigenvalue weighted by Crippen LogP contribution is 2.13. The van der Waals surface area contributed by atoms with Crippen molar-refractivity contribution < 1.29 is 14.0 Å². The molecule has 0 saturated carbocycles. The minimum absolute atomic E-state index is 0.0366. The summed E-state index contributed by atoms with van der Waals surface area (Å²) in [7, 11) is 0. The van der Waals surface area contributed by atoms with Crippen LogP contribution in [0.2, 0.25) is 0 Å². The zero-order valence-corrected chi connectivity index (χ0v) is 15.6. The van der Waals surface area contributed by atoms with E-state index in [0.717, 1.165) is 25.7 Å². The van der Waals surface area contributed by atoms with Crippen LogP contribution in [0.25, 0.3) is 0 Å². The number of aromatic nitrogens is 1. The average molecular weight is 337 g/mol. The molecule has 0 fully saturated rings. The molecule has 0 atom stereocenters. The maximum atomic E-state index is 12.4. The topological polar surface area (TPSA) is 75.4 Å². The number of carbonyl (C=O) groups excluding carboxylic acids is 2. The zero-order valence-electron chi connectivity index (χ0n) is 15.6. The summed E-state index contributed by atoms with van der Waals surface area (Å²) in [5, 5.41) is 2.77. The minimum atomic E-state index is -0.262. The first-order valence-electron chi connectivity index (χ1n) is 8.89. The largest absolute Gasteiger partial charge is 0.446 e. The predicted molar refractivity (Wildman–Crippen MR) is 93.6 cm³/mol. The normalized spacial score (nSPS) is 11.1. The zero-order chi connectivity index (χ0) is 18.1. The predicted octanol–water partition coefficient (Wildman–Crippen LogP) is 3.52. The maximum absolute atomic E-state index is 12.4. The summed E-state index contributed by atoms with van der Waals surface area (Å²) in [5.74, 6) is 0.231. The Balaban J connectivity index is 2.64. The van der Waals surface area contributed by atoms with E-state index in [0.29, 0.717) is 18.9 Å². The first-order valence-corrected chi connectivity index (χ1v) is 8.89. The van der Waals surface area contributed by atoms with Gasteiger partial charge in [0, 0.05) is 18.5 Å². The molecule has 1 rings (SSSR count). The molecule has 136 valence electrons. The van der Waals surface area contributed by atoms with Gasteiger partial charge in [0.25, 0.3) is 5.91 Å². The molecule has 0 saturated heterocycles. The van der Waals surface area contributed by atoms with Gasteiger partial charge in [-0.05, 0) is 34.1 Å². The van der Waals surface area contributed by atoms with E-state index in [4.69, 9.17) is 4.42 Å². The van der Waals surface area contributed by atoms with Crippen molar-refractivity contribution in [1.82, 2.24) is 15.2 Å². The summed E-state index contributed by atoms with van der Waals surface area (Å²) in [6.45, 7) is 10.2. The van der Waals surface area contributed by atoms with Gasteiger partial charge in [-0.15, -0.1) is 0 Å². The SMILES string of the molecule is CCCCCCC(=O)N(Cc1nc(C(=O)NC(C)C)co1)C(C)C. The maximum Gasteiger partial charge on any atom is 0.273 e. The molecule has 0 aromatic carbocycles. The van der Waals surface area contributed by atoms with E-state index in [1.54, 1.807) is 4.90 Å². The number of amides is 2. The van der Waals surface area contributed by atoms with Crippen LogP contribution in [0.1, 0.15) is 83.1 Å². The second-order valence-corrected chi connectivity index (χ2v) is 6.68. The van der Waals surface area contributed by atoms with Gasteiger partial charge < -0.3 is 14.6 Å². The Morgan fingerprint density at radius 2 is 1.92 bits per heavy atom. The van der Waals surface area contributed by atoms with Crippen LogP contribution in [0.15, 0.2) is 10.7 Å². The van der Waals surface area contributed by atoms with Crippen molar-refractivity contribution in [3.8, 4) is 0 Å². The fourth-order valence-electron chi connectivity index (χ4n) is 2.37. The van der Waals surface area contributed by atoms with E-state index in [1.807, 2.05) is 27.7 Å². The van der Waals surface area contributed by atoms with Crippen molar-refractivity contribution in [3.05, 3.63) is 17.8 Å². The van der Waals surface area contributed by atoms with Crippen LogP contribution in [-0.2, 0) is 11.3 Å². The highest BCUT2D eigenvalue weighted by molar-refractivity contribution is 5.92. The number of nitrogens with one attached hydrogen (secondary N) is 1. The second kappa shape index (κ2) is 10.1. The van der Waals surface area contributed by atoms with Crippen LogP contribution >= 0.6 is 0 Å². The lowest BCUT2D eigenvalue weighted by atomic mass is 10.1. The highest BCUT2D eigenvalue weighted by Gasteiger charge is 2.20. The molecule has 0 unspecified atom stereocenters. The number of oxazole rings is 1. The molecule has 0 aliphatic rings. The molecule has 1 N–H and O–H groups in total. The molecule has 1 aromatic heterocycles. The quantitative estimate of drug-likeness (QED) is 0.663. The van der Waals surface area contributed by atoms with Crippen molar-refractivity contribution in [2.24, 2.45) is 0 Å². The van der Waals surface area contributed by atoms with Crippen molar-refractivity contribution in [2.75, 3.05) is 0 Å². The van der Waals surface area contributed by atoms with E-state index < -0.39 is 0 Å². The Hall–Kier alpha value is -1.85. The van der Waals surface area contributed by atoms with Gasteiger partial charge >= 0.3 is 0 Å². The molecule has 6 heteroatoms. The van der Waals surface area contributed by atoms with E-state index in [1.165, 1.54) is 6.26 Å². The third kappa shape index (κ3) is 6.72. The third-order valence-corrected chi connectivity index (χ3v) is 3.70. The molecule has 0 aliphatic carbocycles. The summed E-state index contributed by atoms with van der Waals surface area (Å²) in [5.41, 5.74) is 0.248. The number of nitrogens with zero attached hydrogens (tertiary/aromatic N) is 2. The summed E-state index contributed by atoms with van der Waals surface area (Å²) in [6.07, 6.45) is 6.18. The van der Waals surface area contributed by atoms with E-state index in [2.05, 4.69) is 17.2 Å². The summed E-state index contributed by atoms with van der Waals surface area (Å²) < 4.78 is 5.38. The second-order valence-electron chi connectivity index (χ2n) is 6.68. The van der Waals surface area contributed by atoms with Gasteiger partial charge in [0.2, 0.25) is 11.8 Å². The Bertz CT molecular complexity index is 523. The lowest BCUT2D eigenvalue weighted by Crippen LogP contribution is -2.36. The smallest absolute Gasteiger partial charge is 0.273 e.